The Morgan fingerprint density at radius 2 is 2.05 bits per heavy atom. The van der Waals surface area contributed by atoms with E-state index in [4.69, 9.17) is 9.57 Å². The van der Waals surface area contributed by atoms with Crippen molar-refractivity contribution in [1.82, 2.24) is 5.48 Å². The number of allylic oxidation sites excluding steroid dienone is 2. The highest BCUT2D eigenvalue weighted by Gasteiger charge is 2.43. The quantitative estimate of drug-likeness (QED) is 0.598. The molecule has 0 saturated carbocycles. The van der Waals surface area contributed by atoms with Gasteiger partial charge in [0.15, 0.2) is 5.78 Å². The Balaban J connectivity index is 3.34. The molecule has 1 rings (SSSR count). The molecule has 0 spiro atoms. The molecule has 0 bridgehead atoms. The maximum absolute atomic E-state index is 12.3. The average Bonchev–Trinajstić information content (AvgIpc) is 2.63. The van der Waals surface area contributed by atoms with Gasteiger partial charge in [-0.05, 0) is 13.3 Å². The number of hydroxylamine groups is 1. The van der Waals surface area contributed by atoms with Crippen molar-refractivity contribution in [3.8, 4) is 0 Å². The number of ketones is 1. The van der Waals surface area contributed by atoms with Crippen molar-refractivity contribution in [2.24, 2.45) is 5.41 Å². The van der Waals surface area contributed by atoms with Crippen molar-refractivity contribution in [3.05, 3.63) is 22.9 Å². The van der Waals surface area contributed by atoms with Crippen LogP contribution in [0.5, 0.6) is 0 Å². The molecular formula is C15H23NO4. The van der Waals surface area contributed by atoms with Gasteiger partial charge in [-0.3, -0.25) is 15.1 Å². The highest BCUT2D eigenvalue weighted by Crippen LogP contribution is 2.42. The van der Waals surface area contributed by atoms with E-state index in [0.717, 1.165) is 6.42 Å². The average molecular weight is 281 g/mol. The molecule has 0 heterocycles. The minimum atomic E-state index is -0.528. The molecule has 0 atom stereocenters. The second-order valence-electron chi connectivity index (χ2n) is 5.29. The largest absolute Gasteiger partial charge is 0.466 e. The molecule has 0 fully saturated rings. The molecule has 0 saturated heterocycles. The number of Topliss-reactive ketones (excluding diaryl/α,β-unsaturated/α-hetero) is 1. The molecule has 5 heteroatoms. The normalized spacial score (nSPS) is 18.4. The van der Waals surface area contributed by atoms with Crippen LogP contribution in [0.4, 0.5) is 0 Å². The van der Waals surface area contributed by atoms with Crippen LogP contribution in [0.3, 0.4) is 0 Å². The molecule has 112 valence electrons. The fourth-order valence-electron chi connectivity index (χ4n) is 2.37. The van der Waals surface area contributed by atoms with Gasteiger partial charge in [0.1, 0.15) is 0 Å². The second kappa shape index (κ2) is 6.70. The van der Waals surface area contributed by atoms with E-state index in [-0.39, 0.29) is 5.78 Å². The predicted molar refractivity (Wildman–Crippen MR) is 75.6 cm³/mol. The summed E-state index contributed by atoms with van der Waals surface area (Å²) in [4.78, 5) is 29.5. The Morgan fingerprint density at radius 3 is 2.55 bits per heavy atom. The van der Waals surface area contributed by atoms with Crippen molar-refractivity contribution in [1.29, 1.82) is 0 Å². The summed E-state index contributed by atoms with van der Waals surface area (Å²) in [6.07, 6.45) is 2.86. The van der Waals surface area contributed by atoms with Crippen LogP contribution in [0.2, 0.25) is 0 Å². The summed E-state index contributed by atoms with van der Waals surface area (Å²) >= 11 is 0. The van der Waals surface area contributed by atoms with Crippen LogP contribution in [0.15, 0.2) is 22.9 Å². The second-order valence-corrected chi connectivity index (χ2v) is 5.29. The van der Waals surface area contributed by atoms with Crippen molar-refractivity contribution >= 4 is 11.8 Å². The number of rotatable bonds is 6. The molecule has 20 heavy (non-hydrogen) atoms. The van der Waals surface area contributed by atoms with Crippen LogP contribution in [-0.4, -0.2) is 25.5 Å². The Morgan fingerprint density at radius 1 is 1.40 bits per heavy atom. The van der Waals surface area contributed by atoms with Crippen LogP contribution < -0.4 is 5.48 Å². The zero-order chi connectivity index (χ0) is 15.3. The molecule has 0 aromatic carbocycles. The number of esters is 1. The summed E-state index contributed by atoms with van der Waals surface area (Å²) in [5, 5.41) is 0. The first-order valence-electron chi connectivity index (χ1n) is 6.83. The maximum Gasteiger partial charge on any atom is 0.335 e. The topological polar surface area (TPSA) is 64.6 Å². The Bertz CT molecular complexity index is 460. The number of hydrogen-bond acceptors (Lipinski definition) is 5. The Hall–Kier alpha value is -1.62. The summed E-state index contributed by atoms with van der Waals surface area (Å²) < 4.78 is 4.84. The zero-order valence-electron chi connectivity index (χ0n) is 12.8. The molecule has 1 aliphatic rings. The predicted octanol–water partition coefficient (Wildman–Crippen LogP) is 2.29. The lowest BCUT2D eigenvalue weighted by atomic mass is 9.85. The van der Waals surface area contributed by atoms with E-state index >= 15 is 0 Å². The van der Waals surface area contributed by atoms with Crippen molar-refractivity contribution in [2.45, 2.75) is 40.5 Å². The monoisotopic (exact) mass is 281 g/mol. The molecule has 0 unspecified atom stereocenters. The minimum absolute atomic E-state index is 0.0673. The molecule has 0 aliphatic heterocycles. The smallest absolute Gasteiger partial charge is 0.335 e. The first kappa shape index (κ1) is 16.4. The fraction of sp³-hybridized carbons (Fsp3) is 0.600. The third-order valence-corrected chi connectivity index (χ3v) is 3.20. The van der Waals surface area contributed by atoms with E-state index in [1.54, 1.807) is 0 Å². The first-order valence-corrected chi connectivity index (χ1v) is 6.83. The van der Waals surface area contributed by atoms with E-state index in [0.29, 0.717) is 29.9 Å². The Kier molecular flexibility index (Phi) is 5.51. The fourth-order valence-corrected chi connectivity index (χ4v) is 2.37. The molecule has 0 radical (unpaired) electrons. The molecule has 5 nitrogen and oxygen atoms in total. The number of carbonyl (C=O) groups excluding carboxylic acids is 2. The first-order chi connectivity index (χ1) is 9.38. The summed E-state index contributed by atoms with van der Waals surface area (Å²) in [5.41, 5.74) is 3.58. The molecule has 1 N–H and O–H groups in total. The lowest BCUT2D eigenvalue weighted by molar-refractivity contribution is -0.137. The number of methoxy groups -OCH3 is 1. The third kappa shape index (κ3) is 3.28. The van der Waals surface area contributed by atoms with Crippen molar-refractivity contribution < 1.29 is 19.2 Å². The number of carbonyl (C=O) groups is 2. The van der Waals surface area contributed by atoms with Crippen LogP contribution in [0.25, 0.3) is 0 Å². The van der Waals surface area contributed by atoms with E-state index in [9.17, 15) is 9.59 Å². The summed E-state index contributed by atoms with van der Waals surface area (Å²) in [6.45, 7) is 7.99. The van der Waals surface area contributed by atoms with E-state index in [2.05, 4.69) is 5.48 Å². The third-order valence-electron chi connectivity index (χ3n) is 3.20. The van der Waals surface area contributed by atoms with Gasteiger partial charge in [0, 0.05) is 11.8 Å². The number of hydrogen-bond donors (Lipinski definition) is 1. The SMILES string of the molecule is CC/C=C(/NOCC)C1=C(C(=O)OC)C(C)(C)CC1=O. The molecule has 0 aromatic rings. The van der Waals surface area contributed by atoms with Crippen LogP contribution in [0, 0.1) is 5.41 Å². The van der Waals surface area contributed by atoms with Gasteiger partial charge in [-0.1, -0.05) is 26.8 Å². The van der Waals surface area contributed by atoms with Gasteiger partial charge in [-0.15, -0.1) is 0 Å². The van der Waals surface area contributed by atoms with Crippen LogP contribution in [0.1, 0.15) is 40.5 Å². The lowest BCUT2D eigenvalue weighted by Crippen LogP contribution is -2.22. The lowest BCUT2D eigenvalue weighted by Gasteiger charge is -2.20. The van der Waals surface area contributed by atoms with Gasteiger partial charge in [-0.25, -0.2) is 4.79 Å². The molecular weight excluding hydrogens is 258 g/mol. The summed E-state index contributed by atoms with van der Waals surface area (Å²) in [6, 6.07) is 0. The van der Waals surface area contributed by atoms with Crippen molar-refractivity contribution in [2.75, 3.05) is 13.7 Å². The Labute approximate surface area is 120 Å². The van der Waals surface area contributed by atoms with E-state index in [1.807, 2.05) is 33.8 Å². The van der Waals surface area contributed by atoms with Crippen LogP contribution in [-0.2, 0) is 19.2 Å². The molecule has 0 aromatic heterocycles. The number of nitrogens with one attached hydrogen (secondary N) is 1. The maximum atomic E-state index is 12.3. The zero-order valence-corrected chi connectivity index (χ0v) is 12.8. The van der Waals surface area contributed by atoms with E-state index in [1.165, 1.54) is 7.11 Å². The molecule has 0 amide bonds. The van der Waals surface area contributed by atoms with Gasteiger partial charge in [-0.2, -0.15) is 0 Å². The minimum Gasteiger partial charge on any atom is -0.466 e. The van der Waals surface area contributed by atoms with Gasteiger partial charge in [0.25, 0.3) is 0 Å². The van der Waals surface area contributed by atoms with Gasteiger partial charge in [0.05, 0.1) is 30.6 Å². The number of ether oxygens (including phenoxy) is 1. The molecule has 1 aliphatic carbocycles. The summed E-state index contributed by atoms with van der Waals surface area (Å²) in [5.74, 6) is -0.529. The van der Waals surface area contributed by atoms with Gasteiger partial charge in [0.2, 0.25) is 0 Å². The van der Waals surface area contributed by atoms with Crippen molar-refractivity contribution in [3.63, 3.8) is 0 Å². The van der Waals surface area contributed by atoms with E-state index < -0.39 is 11.4 Å². The highest BCUT2D eigenvalue weighted by atomic mass is 16.6. The standard InChI is InChI=1S/C15H23NO4/c1-6-8-10(16-20-7-2)12-11(17)9-15(3,4)13(12)14(18)19-5/h8,16H,6-7,9H2,1-5H3/b10-8+. The van der Waals surface area contributed by atoms with Gasteiger partial charge >= 0.3 is 5.97 Å². The van der Waals surface area contributed by atoms with Gasteiger partial charge < -0.3 is 4.74 Å². The highest BCUT2D eigenvalue weighted by molar-refractivity contribution is 6.11. The summed E-state index contributed by atoms with van der Waals surface area (Å²) in [7, 11) is 1.32. The van der Waals surface area contributed by atoms with Crippen LogP contribution >= 0.6 is 0 Å².